The summed E-state index contributed by atoms with van der Waals surface area (Å²) in [6.45, 7) is 2.47. The van der Waals surface area contributed by atoms with Crippen molar-refractivity contribution in [2.24, 2.45) is 0 Å². The van der Waals surface area contributed by atoms with Crippen LogP contribution >= 0.6 is 0 Å². The van der Waals surface area contributed by atoms with E-state index in [1.54, 1.807) is 0 Å². The maximum absolute atomic E-state index is 13.3. The van der Waals surface area contributed by atoms with E-state index in [1.807, 2.05) is 37.2 Å². The van der Waals surface area contributed by atoms with Crippen LogP contribution in [0.1, 0.15) is 16.7 Å². The highest BCUT2D eigenvalue weighted by Crippen LogP contribution is 2.23. The van der Waals surface area contributed by atoms with Crippen LogP contribution in [0.3, 0.4) is 0 Å². The highest BCUT2D eigenvalue weighted by Gasteiger charge is 2.06. The Hall–Kier alpha value is -2.54. The third-order valence-corrected chi connectivity index (χ3v) is 3.36. The van der Waals surface area contributed by atoms with Gasteiger partial charge in [0.25, 0.3) is 0 Å². The number of halogens is 1. The summed E-state index contributed by atoms with van der Waals surface area (Å²) in [5.41, 5.74) is 4.40. The molecular weight excluding hydrogens is 265 g/mol. The van der Waals surface area contributed by atoms with Gasteiger partial charge in [-0.15, -0.1) is 0 Å². The number of nitrogens with zero attached hydrogens (tertiary/aromatic N) is 2. The predicted octanol–water partition coefficient (Wildman–Crippen LogP) is 3.68. The minimum atomic E-state index is -0.330. The summed E-state index contributed by atoms with van der Waals surface area (Å²) >= 11 is 0. The van der Waals surface area contributed by atoms with Crippen LogP contribution in [-0.2, 0) is 6.54 Å². The Morgan fingerprint density at radius 2 is 1.95 bits per heavy atom. The summed E-state index contributed by atoms with van der Waals surface area (Å²) in [4.78, 5) is 2.05. The normalized spacial score (nSPS) is 10.0. The van der Waals surface area contributed by atoms with Crippen molar-refractivity contribution in [1.29, 1.82) is 5.26 Å². The zero-order valence-corrected chi connectivity index (χ0v) is 12.4. The molecule has 0 bridgehead atoms. The number of rotatable bonds is 4. The van der Waals surface area contributed by atoms with Crippen LogP contribution in [0.4, 0.5) is 15.8 Å². The van der Waals surface area contributed by atoms with Gasteiger partial charge in [-0.25, -0.2) is 4.39 Å². The van der Waals surface area contributed by atoms with Gasteiger partial charge in [0.2, 0.25) is 0 Å². The molecule has 0 heterocycles. The molecule has 2 rings (SSSR count). The Morgan fingerprint density at radius 1 is 1.19 bits per heavy atom. The minimum absolute atomic E-state index is 0.330. The Balaban J connectivity index is 2.19. The first-order valence-electron chi connectivity index (χ1n) is 6.71. The van der Waals surface area contributed by atoms with Crippen molar-refractivity contribution in [3.8, 4) is 6.07 Å². The molecule has 3 nitrogen and oxygen atoms in total. The average molecular weight is 283 g/mol. The first-order valence-corrected chi connectivity index (χ1v) is 6.71. The van der Waals surface area contributed by atoms with Gasteiger partial charge in [-0.3, -0.25) is 0 Å². The van der Waals surface area contributed by atoms with Crippen LogP contribution in [0.2, 0.25) is 0 Å². The largest absolute Gasteiger partial charge is 0.381 e. The SMILES string of the molecule is Cc1ccc(NCc2cc(F)ccc2C#N)cc1N(C)C. The number of anilines is 2. The maximum atomic E-state index is 13.3. The van der Waals surface area contributed by atoms with E-state index in [1.165, 1.54) is 23.8 Å². The van der Waals surface area contributed by atoms with Gasteiger partial charge in [-0.1, -0.05) is 6.07 Å². The van der Waals surface area contributed by atoms with Gasteiger partial charge in [-0.05, 0) is 48.4 Å². The summed E-state index contributed by atoms with van der Waals surface area (Å²) in [5, 5.41) is 12.3. The third kappa shape index (κ3) is 3.51. The fourth-order valence-corrected chi connectivity index (χ4v) is 2.22. The fraction of sp³-hybridized carbons (Fsp3) is 0.235. The van der Waals surface area contributed by atoms with Crippen LogP contribution in [0, 0.1) is 24.1 Å². The molecule has 0 aliphatic carbocycles. The smallest absolute Gasteiger partial charge is 0.123 e. The molecule has 0 aliphatic heterocycles. The molecule has 2 aromatic rings. The molecule has 108 valence electrons. The van der Waals surface area contributed by atoms with Crippen molar-refractivity contribution in [2.75, 3.05) is 24.3 Å². The Morgan fingerprint density at radius 3 is 2.62 bits per heavy atom. The van der Waals surface area contributed by atoms with Gasteiger partial charge >= 0.3 is 0 Å². The number of nitrogens with one attached hydrogen (secondary N) is 1. The monoisotopic (exact) mass is 283 g/mol. The van der Waals surface area contributed by atoms with Gasteiger partial charge in [0, 0.05) is 32.0 Å². The van der Waals surface area contributed by atoms with E-state index in [2.05, 4.69) is 18.3 Å². The molecule has 2 aromatic carbocycles. The van der Waals surface area contributed by atoms with E-state index in [9.17, 15) is 4.39 Å². The summed E-state index contributed by atoms with van der Waals surface area (Å²) in [7, 11) is 3.99. The molecule has 0 aromatic heterocycles. The van der Waals surface area contributed by atoms with Crippen molar-refractivity contribution < 1.29 is 4.39 Å². The second kappa shape index (κ2) is 6.27. The lowest BCUT2D eigenvalue weighted by atomic mass is 10.1. The van der Waals surface area contributed by atoms with Crippen molar-refractivity contribution in [2.45, 2.75) is 13.5 Å². The highest BCUT2D eigenvalue weighted by molar-refractivity contribution is 5.62. The van der Waals surface area contributed by atoms with Crippen molar-refractivity contribution in [1.82, 2.24) is 0 Å². The molecule has 1 N–H and O–H groups in total. The van der Waals surface area contributed by atoms with Gasteiger partial charge in [0.05, 0.1) is 11.6 Å². The lowest BCUT2D eigenvalue weighted by molar-refractivity contribution is 0.625. The molecular formula is C17H18FN3. The Bertz CT molecular complexity index is 687. The molecule has 0 fully saturated rings. The quantitative estimate of drug-likeness (QED) is 0.930. The van der Waals surface area contributed by atoms with Crippen molar-refractivity contribution in [3.05, 3.63) is 58.9 Å². The molecule has 21 heavy (non-hydrogen) atoms. The first kappa shape index (κ1) is 14.9. The van der Waals surface area contributed by atoms with Gasteiger partial charge in [0.15, 0.2) is 0 Å². The van der Waals surface area contributed by atoms with Crippen molar-refractivity contribution >= 4 is 11.4 Å². The van der Waals surface area contributed by atoms with E-state index in [4.69, 9.17) is 5.26 Å². The Kier molecular flexibility index (Phi) is 4.44. The average Bonchev–Trinajstić information content (AvgIpc) is 2.46. The fourth-order valence-electron chi connectivity index (χ4n) is 2.22. The van der Waals surface area contributed by atoms with Crippen LogP contribution < -0.4 is 10.2 Å². The second-order valence-electron chi connectivity index (χ2n) is 5.16. The van der Waals surface area contributed by atoms with Crippen LogP contribution in [0.15, 0.2) is 36.4 Å². The summed E-state index contributed by atoms with van der Waals surface area (Å²) in [5.74, 6) is -0.330. The van der Waals surface area contributed by atoms with E-state index < -0.39 is 0 Å². The standard InChI is InChI=1S/C17H18FN3/c1-12-4-7-16(9-17(12)21(2)3)20-11-14-8-15(18)6-5-13(14)10-19/h4-9,20H,11H2,1-3H3. The number of hydrogen-bond donors (Lipinski definition) is 1. The molecule has 4 heteroatoms. The van der Waals surface area contributed by atoms with Gasteiger partial charge in [-0.2, -0.15) is 5.26 Å². The lowest BCUT2D eigenvalue weighted by Gasteiger charge is -2.17. The summed E-state index contributed by atoms with van der Waals surface area (Å²) < 4.78 is 13.3. The predicted molar refractivity (Wildman–Crippen MR) is 83.9 cm³/mol. The van der Waals surface area contributed by atoms with E-state index >= 15 is 0 Å². The zero-order valence-electron chi connectivity index (χ0n) is 12.4. The summed E-state index contributed by atoms with van der Waals surface area (Å²) in [6, 6.07) is 12.3. The molecule has 0 saturated carbocycles. The van der Waals surface area contributed by atoms with Gasteiger partial charge in [0.1, 0.15) is 5.82 Å². The van der Waals surface area contributed by atoms with E-state index in [0.717, 1.165) is 11.4 Å². The lowest BCUT2D eigenvalue weighted by Crippen LogP contribution is -2.11. The molecule has 0 saturated heterocycles. The maximum Gasteiger partial charge on any atom is 0.123 e. The number of nitriles is 1. The van der Waals surface area contributed by atoms with Crippen molar-refractivity contribution in [3.63, 3.8) is 0 Å². The van der Waals surface area contributed by atoms with Crippen LogP contribution in [-0.4, -0.2) is 14.1 Å². The summed E-state index contributed by atoms with van der Waals surface area (Å²) in [6.07, 6.45) is 0. The highest BCUT2D eigenvalue weighted by atomic mass is 19.1. The number of benzene rings is 2. The first-order chi connectivity index (χ1) is 10.0. The Labute approximate surface area is 124 Å². The van der Waals surface area contributed by atoms with Crippen LogP contribution in [0.5, 0.6) is 0 Å². The van der Waals surface area contributed by atoms with Gasteiger partial charge < -0.3 is 10.2 Å². The third-order valence-electron chi connectivity index (χ3n) is 3.36. The molecule has 0 atom stereocenters. The molecule has 0 unspecified atom stereocenters. The van der Waals surface area contributed by atoms with E-state index in [0.29, 0.717) is 17.7 Å². The number of hydrogen-bond acceptors (Lipinski definition) is 3. The molecule has 0 amide bonds. The number of aryl methyl sites for hydroxylation is 1. The van der Waals surface area contributed by atoms with E-state index in [-0.39, 0.29) is 5.82 Å². The second-order valence-corrected chi connectivity index (χ2v) is 5.16. The minimum Gasteiger partial charge on any atom is -0.381 e. The molecule has 0 aliphatic rings. The van der Waals surface area contributed by atoms with Crippen LogP contribution in [0.25, 0.3) is 0 Å². The molecule has 0 spiro atoms. The molecule has 0 radical (unpaired) electrons. The zero-order chi connectivity index (χ0) is 15.4. The topological polar surface area (TPSA) is 39.1 Å².